The number of nitrogens with one attached hydrogen (secondary N) is 2. The Kier molecular flexibility index (Phi) is 5.92. The van der Waals surface area contributed by atoms with Gasteiger partial charge in [0.25, 0.3) is 5.69 Å². The summed E-state index contributed by atoms with van der Waals surface area (Å²) in [6.07, 6.45) is 1.14. The largest absolute Gasteiger partial charge is 0.378 e. The molecule has 0 spiro atoms. The molecule has 1 aliphatic heterocycles. The first kappa shape index (κ1) is 17.2. The van der Waals surface area contributed by atoms with Crippen LogP contribution in [0.4, 0.5) is 10.5 Å². The first-order chi connectivity index (χ1) is 11.0. The van der Waals surface area contributed by atoms with Crippen LogP contribution in [0, 0.1) is 22.0 Å². The summed E-state index contributed by atoms with van der Waals surface area (Å²) in [5.74, 6) is 0.760. The van der Waals surface area contributed by atoms with Crippen LogP contribution in [0.15, 0.2) is 24.3 Å². The molecule has 1 aromatic rings. The van der Waals surface area contributed by atoms with Crippen LogP contribution in [0.2, 0.25) is 0 Å². The van der Waals surface area contributed by atoms with Crippen molar-refractivity contribution in [1.82, 2.24) is 10.6 Å². The van der Waals surface area contributed by atoms with Gasteiger partial charge in [0.2, 0.25) is 0 Å². The molecule has 0 radical (unpaired) electrons. The molecule has 2 amide bonds. The van der Waals surface area contributed by atoms with E-state index in [1.807, 2.05) is 0 Å². The van der Waals surface area contributed by atoms with Gasteiger partial charge in [-0.1, -0.05) is 26.0 Å². The lowest BCUT2D eigenvalue weighted by Crippen LogP contribution is -2.40. The Bertz CT molecular complexity index is 562. The molecule has 1 fully saturated rings. The van der Waals surface area contributed by atoms with E-state index >= 15 is 0 Å². The molecule has 0 aliphatic carbocycles. The van der Waals surface area contributed by atoms with Crippen LogP contribution in [0.1, 0.15) is 25.8 Å². The lowest BCUT2D eigenvalue weighted by atomic mass is 9.93. The maximum absolute atomic E-state index is 11.9. The number of benzene rings is 1. The summed E-state index contributed by atoms with van der Waals surface area (Å²) in [4.78, 5) is 22.1. The Morgan fingerprint density at radius 3 is 2.91 bits per heavy atom. The van der Waals surface area contributed by atoms with Crippen LogP contribution in [-0.4, -0.2) is 30.2 Å². The zero-order valence-electron chi connectivity index (χ0n) is 13.5. The van der Waals surface area contributed by atoms with Crippen molar-refractivity contribution in [1.29, 1.82) is 0 Å². The molecule has 2 atom stereocenters. The summed E-state index contributed by atoms with van der Waals surface area (Å²) in [5, 5.41) is 16.3. The molecule has 1 saturated heterocycles. The molecule has 1 heterocycles. The number of ether oxygens (including phenoxy) is 1. The monoisotopic (exact) mass is 321 g/mol. The molecule has 126 valence electrons. The fourth-order valence-corrected chi connectivity index (χ4v) is 2.86. The lowest BCUT2D eigenvalue weighted by Gasteiger charge is -2.22. The van der Waals surface area contributed by atoms with E-state index in [-0.39, 0.29) is 24.4 Å². The van der Waals surface area contributed by atoms with Gasteiger partial charge >= 0.3 is 6.03 Å². The zero-order chi connectivity index (χ0) is 16.8. The number of carbonyl (C=O) groups is 1. The smallest absolute Gasteiger partial charge is 0.315 e. The van der Waals surface area contributed by atoms with Crippen LogP contribution in [0.25, 0.3) is 0 Å². The summed E-state index contributed by atoms with van der Waals surface area (Å²) in [7, 11) is 0. The average molecular weight is 321 g/mol. The number of hydrogen-bond donors (Lipinski definition) is 2. The Morgan fingerprint density at radius 1 is 1.43 bits per heavy atom. The van der Waals surface area contributed by atoms with Gasteiger partial charge in [-0.15, -0.1) is 0 Å². The van der Waals surface area contributed by atoms with Crippen molar-refractivity contribution in [2.24, 2.45) is 11.8 Å². The van der Waals surface area contributed by atoms with Crippen molar-refractivity contribution in [3.05, 3.63) is 39.9 Å². The minimum atomic E-state index is -0.449. The maximum atomic E-state index is 11.9. The second kappa shape index (κ2) is 7.92. The number of urea groups is 1. The normalized spacial score (nSPS) is 20.5. The number of nitrogens with zero attached hydrogens (tertiary/aromatic N) is 1. The highest BCUT2D eigenvalue weighted by Crippen LogP contribution is 2.26. The van der Waals surface area contributed by atoms with Crippen molar-refractivity contribution >= 4 is 11.7 Å². The van der Waals surface area contributed by atoms with E-state index in [1.165, 1.54) is 12.1 Å². The fourth-order valence-electron chi connectivity index (χ4n) is 2.86. The Labute approximate surface area is 135 Å². The van der Waals surface area contributed by atoms with Gasteiger partial charge in [0.1, 0.15) is 0 Å². The van der Waals surface area contributed by atoms with E-state index in [4.69, 9.17) is 4.74 Å². The summed E-state index contributed by atoms with van der Waals surface area (Å²) in [6, 6.07) is 5.96. The molecule has 2 N–H and O–H groups in total. The third kappa shape index (κ3) is 4.92. The van der Waals surface area contributed by atoms with Gasteiger partial charge in [-0.25, -0.2) is 4.79 Å². The van der Waals surface area contributed by atoms with E-state index < -0.39 is 4.92 Å². The van der Waals surface area contributed by atoms with Crippen molar-refractivity contribution < 1.29 is 14.5 Å². The molecule has 1 aliphatic rings. The first-order valence-corrected chi connectivity index (χ1v) is 7.84. The molecule has 23 heavy (non-hydrogen) atoms. The molecule has 7 nitrogen and oxygen atoms in total. The van der Waals surface area contributed by atoms with Gasteiger partial charge in [0.05, 0.1) is 11.0 Å². The van der Waals surface area contributed by atoms with Gasteiger partial charge in [-0.2, -0.15) is 0 Å². The van der Waals surface area contributed by atoms with E-state index in [2.05, 4.69) is 24.5 Å². The number of carbonyl (C=O) groups excluding carboxylic acids is 1. The summed E-state index contributed by atoms with van der Waals surface area (Å²) in [6.45, 7) is 5.80. The molecule has 1 aromatic carbocycles. The fraction of sp³-hybridized carbons (Fsp3) is 0.562. The van der Waals surface area contributed by atoms with Crippen molar-refractivity contribution in [3.63, 3.8) is 0 Å². The van der Waals surface area contributed by atoms with Gasteiger partial charge < -0.3 is 15.4 Å². The number of hydrogen-bond acceptors (Lipinski definition) is 4. The van der Waals surface area contributed by atoms with Crippen molar-refractivity contribution in [2.75, 3.05) is 13.2 Å². The van der Waals surface area contributed by atoms with E-state index in [0.29, 0.717) is 23.9 Å². The van der Waals surface area contributed by atoms with Crippen LogP contribution in [0.5, 0.6) is 0 Å². The van der Waals surface area contributed by atoms with Crippen molar-refractivity contribution in [3.8, 4) is 0 Å². The number of rotatable bonds is 6. The molecule has 2 rings (SSSR count). The summed E-state index contributed by atoms with van der Waals surface area (Å²) < 4.78 is 5.69. The molecule has 7 heteroatoms. The highest BCUT2D eigenvalue weighted by Gasteiger charge is 2.30. The molecule has 2 unspecified atom stereocenters. The Morgan fingerprint density at radius 2 is 2.22 bits per heavy atom. The van der Waals surface area contributed by atoms with Crippen LogP contribution in [-0.2, 0) is 11.3 Å². The quantitative estimate of drug-likeness (QED) is 0.621. The van der Waals surface area contributed by atoms with Crippen LogP contribution < -0.4 is 10.6 Å². The lowest BCUT2D eigenvalue weighted by molar-refractivity contribution is -0.384. The third-order valence-electron chi connectivity index (χ3n) is 4.02. The minimum Gasteiger partial charge on any atom is -0.378 e. The highest BCUT2D eigenvalue weighted by atomic mass is 16.6. The molecular weight excluding hydrogens is 298 g/mol. The minimum absolute atomic E-state index is 0.0209. The Balaban J connectivity index is 1.77. The second-order valence-corrected chi connectivity index (χ2v) is 6.12. The Hall–Kier alpha value is -2.15. The number of nitro benzene ring substituents is 1. The molecule has 0 saturated carbocycles. The van der Waals surface area contributed by atoms with Crippen LogP contribution >= 0.6 is 0 Å². The second-order valence-electron chi connectivity index (χ2n) is 6.12. The van der Waals surface area contributed by atoms with Gasteiger partial charge in [0.15, 0.2) is 0 Å². The maximum Gasteiger partial charge on any atom is 0.315 e. The first-order valence-electron chi connectivity index (χ1n) is 7.84. The summed E-state index contributed by atoms with van der Waals surface area (Å²) >= 11 is 0. The van der Waals surface area contributed by atoms with Crippen LogP contribution in [0.3, 0.4) is 0 Å². The van der Waals surface area contributed by atoms with E-state index in [9.17, 15) is 14.9 Å². The topological polar surface area (TPSA) is 93.5 Å². The number of nitro groups is 1. The standard InChI is InChI=1S/C16H23N3O4/c1-11(2)15-13(6-7-23-15)10-18-16(20)17-9-12-4-3-5-14(8-12)19(21)22/h3-5,8,11,13,15H,6-7,9-10H2,1-2H3,(H2,17,18,20). The van der Waals surface area contributed by atoms with Gasteiger partial charge in [-0.3, -0.25) is 10.1 Å². The van der Waals surface area contributed by atoms with Gasteiger partial charge in [-0.05, 0) is 17.9 Å². The summed E-state index contributed by atoms with van der Waals surface area (Å²) in [5.41, 5.74) is 0.714. The molecule has 0 bridgehead atoms. The van der Waals surface area contributed by atoms with Crippen molar-refractivity contribution in [2.45, 2.75) is 32.9 Å². The predicted octanol–water partition coefficient (Wildman–Crippen LogP) is 2.46. The molecule has 0 aromatic heterocycles. The average Bonchev–Trinajstić information content (AvgIpc) is 3.00. The molecular formula is C16H23N3O4. The van der Waals surface area contributed by atoms with E-state index in [1.54, 1.807) is 12.1 Å². The predicted molar refractivity (Wildman–Crippen MR) is 86.0 cm³/mol. The van der Waals surface area contributed by atoms with Gasteiger partial charge in [0, 0.05) is 37.7 Å². The number of amides is 2. The SMILES string of the molecule is CC(C)C1OCCC1CNC(=O)NCc1cccc([N+](=O)[O-])c1. The third-order valence-corrected chi connectivity index (χ3v) is 4.02. The highest BCUT2D eigenvalue weighted by molar-refractivity contribution is 5.73. The number of non-ortho nitro benzene ring substituents is 1. The van der Waals surface area contributed by atoms with E-state index in [0.717, 1.165) is 13.0 Å². The zero-order valence-corrected chi connectivity index (χ0v) is 13.5.